The molecule has 0 N–H and O–H groups in total. The van der Waals surface area contributed by atoms with Crippen LogP contribution in [0.5, 0.6) is 0 Å². The molecule has 138 valence electrons. The molecule has 0 bridgehead atoms. The summed E-state index contributed by atoms with van der Waals surface area (Å²) in [6.45, 7) is 7.87. The second kappa shape index (κ2) is 9.46. The Kier molecular flexibility index (Phi) is 7.03. The van der Waals surface area contributed by atoms with Crippen molar-refractivity contribution in [1.82, 2.24) is 4.90 Å². The van der Waals surface area contributed by atoms with Gasteiger partial charge in [0.05, 0.1) is 18.2 Å². The van der Waals surface area contributed by atoms with Crippen molar-refractivity contribution in [2.75, 3.05) is 31.6 Å². The first-order valence-electron chi connectivity index (χ1n) is 9.10. The van der Waals surface area contributed by atoms with Crippen molar-refractivity contribution in [3.63, 3.8) is 0 Å². The summed E-state index contributed by atoms with van der Waals surface area (Å²) in [5.74, 6) is 6.38. The van der Waals surface area contributed by atoms with Crippen LogP contribution >= 0.6 is 0 Å². The lowest BCUT2D eigenvalue weighted by Gasteiger charge is -2.19. The van der Waals surface area contributed by atoms with Gasteiger partial charge in [0.2, 0.25) is 0 Å². The Hall–Kier alpha value is -3.24. The highest BCUT2D eigenvalue weighted by molar-refractivity contribution is 5.95. The van der Waals surface area contributed by atoms with E-state index in [1.165, 1.54) is 0 Å². The molecule has 2 aromatic rings. The summed E-state index contributed by atoms with van der Waals surface area (Å²) in [6.07, 6.45) is 0. The number of nitriles is 1. The quantitative estimate of drug-likeness (QED) is 0.762. The molecule has 27 heavy (non-hydrogen) atoms. The lowest BCUT2D eigenvalue weighted by molar-refractivity contribution is 0.0772. The zero-order valence-corrected chi connectivity index (χ0v) is 16.4. The van der Waals surface area contributed by atoms with Gasteiger partial charge in [-0.1, -0.05) is 17.9 Å². The number of amides is 1. The Bertz CT molecular complexity index is 911. The fourth-order valence-electron chi connectivity index (χ4n) is 2.83. The molecule has 4 heteroatoms. The van der Waals surface area contributed by atoms with E-state index in [0.29, 0.717) is 25.2 Å². The van der Waals surface area contributed by atoms with E-state index >= 15 is 0 Å². The van der Waals surface area contributed by atoms with Gasteiger partial charge < -0.3 is 9.80 Å². The van der Waals surface area contributed by atoms with E-state index in [2.05, 4.69) is 17.9 Å². The topological polar surface area (TPSA) is 47.3 Å². The van der Waals surface area contributed by atoms with E-state index < -0.39 is 0 Å². The van der Waals surface area contributed by atoms with E-state index in [9.17, 15) is 4.79 Å². The van der Waals surface area contributed by atoms with Crippen LogP contribution in [0.3, 0.4) is 0 Å². The van der Waals surface area contributed by atoms with Gasteiger partial charge in [0, 0.05) is 37.0 Å². The van der Waals surface area contributed by atoms with Gasteiger partial charge in [-0.05, 0) is 62.7 Å². The SMILES string of the molecule is CCN(CC)C(=O)c1ccc(C#CCN(C)c2cccc(C#N)c2)cc1C. The average molecular weight is 359 g/mol. The number of nitrogens with zero attached hydrogens (tertiary/aromatic N) is 3. The Labute approximate surface area is 162 Å². The first-order chi connectivity index (χ1) is 13.0. The summed E-state index contributed by atoms with van der Waals surface area (Å²) in [5.41, 5.74) is 4.15. The standard InChI is InChI=1S/C23H25N3O/c1-5-26(6-2)23(27)22-13-12-19(15-18(22)3)10-8-14-25(4)21-11-7-9-20(16-21)17-24/h7,9,11-13,15-16H,5-6,14H2,1-4H3. The number of anilines is 1. The van der Waals surface area contributed by atoms with Crippen molar-refractivity contribution >= 4 is 11.6 Å². The van der Waals surface area contributed by atoms with Gasteiger partial charge in [-0.3, -0.25) is 4.79 Å². The van der Waals surface area contributed by atoms with Crippen molar-refractivity contribution in [3.05, 3.63) is 64.7 Å². The number of hydrogen-bond donors (Lipinski definition) is 0. The minimum absolute atomic E-state index is 0.0640. The van der Waals surface area contributed by atoms with Crippen LogP contribution in [-0.2, 0) is 0 Å². The third kappa shape index (κ3) is 5.12. The first kappa shape index (κ1) is 20.1. The minimum atomic E-state index is 0.0640. The van der Waals surface area contributed by atoms with Gasteiger partial charge in [-0.2, -0.15) is 5.26 Å². The molecule has 0 spiro atoms. The molecule has 0 unspecified atom stereocenters. The molecular formula is C23H25N3O. The number of hydrogen-bond acceptors (Lipinski definition) is 3. The van der Waals surface area contributed by atoms with Gasteiger partial charge in [-0.25, -0.2) is 0 Å². The van der Waals surface area contributed by atoms with Crippen LogP contribution in [0.15, 0.2) is 42.5 Å². The van der Waals surface area contributed by atoms with Crippen molar-refractivity contribution in [2.45, 2.75) is 20.8 Å². The summed E-state index contributed by atoms with van der Waals surface area (Å²) in [4.78, 5) is 16.3. The molecule has 0 aliphatic rings. The zero-order valence-electron chi connectivity index (χ0n) is 16.4. The summed E-state index contributed by atoms with van der Waals surface area (Å²) < 4.78 is 0. The van der Waals surface area contributed by atoms with Gasteiger partial charge >= 0.3 is 0 Å². The Balaban J connectivity index is 2.10. The minimum Gasteiger partial charge on any atom is -0.363 e. The molecule has 2 aromatic carbocycles. The summed E-state index contributed by atoms with van der Waals surface area (Å²) in [5, 5.41) is 9.00. The van der Waals surface area contributed by atoms with E-state index in [1.54, 1.807) is 6.07 Å². The number of carbonyl (C=O) groups excluding carboxylic acids is 1. The van der Waals surface area contributed by atoms with Crippen LogP contribution < -0.4 is 4.90 Å². The first-order valence-corrected chi connectivity index (χ1v) is 9.10. The predicted octanol–water partition coefficient (Wildman–Crippen LogP) is 3.84. The molecule has 0 saturated carbocycles. The second-order valence-corrected chi connectivity index (χ2v) is 6.33. The summed E-state index contributed by atoms with van der Waals surface area (Å²) >= 11 is 0. The Morgan fingerprint density at radius 1 is 1.07 bits per heavy atom. The number of benzene rings is 2. The summed E-state index contributed by atoms with van der Waals surface area (Å²) in [7, 11) is 1.95. The fourth-order valence-corrected chi connectivity index (χ4v) is 2.83. The van der Waals surface area contributed by atoms with Crippen LogP contribution in [0.1, 0.15) is 40.9 Å². The summed E-state index contributed by atoms with van der Waals surface area (Å²) in [6, 6.07) is 15.3. The fraction of sp³-hybridized carbons (Fsp3) is 0.304. The van der Waals surface area contributed by atoms with Gasteiger partial charge in [0.15, 0.2) is 0 Å². The molecule has 0 aliphatic heterocycles. The van der Waals surface area contributed by atoms with E-state index in [1.807, 2.05) is 74.0 Å². The van der Waals surface area contributed by atoms with Crippen molar-refractivity contribution in [3.8, 4) is 17.9 Å². The normalized spacial score (nSPS) is 9.74. The van der Waals surface area contributed by atoms with Crippen molar-refractivity contribution < 1.29 is 4.79 Å². The maximum Gasteiger partial charge on any atom is 0.254 e. The van der Waals surface area contributed by atoms with Crippen LogP contribution in [0.2, 0.25) is 0 Å². The monoisotopic (exact) mass is 359 g/mol. The highest BCUT2D eigenvalue weighted by Crippen LogP contribution is 2.15. The van der Waals surface area contributed by atoms with Gasteiger partial charge in [0.1, 0.15) is 0 Å². The van der Waals surface area contributed by atoms with Gasteiger partial charge in [0.25, 0.3) is 5.91 Å². The van der Waals surface area contributed by atoms with Crippen LogP contribution in [0.4, 0.5) is 5.69 Å². The molecule has 4 nitrogen and oxygen atoms in total. The van der Waals surface area contributed by atoms with Crippen molar-refractivity contribution in [1.29, 1.82) is 5.26 Å². The smallest absolute Gasteiger partial charge is 0.254 e. The zero-order chi connectivity index (χ0) is 19.8. The molecule has 2 rings (SSSR count). The molecular weight excluding hydrogens is 334 g/mol. The number of rotatable bonds is 5. The molecule has 0 heterocycles. The lowest BCUT2D eigenvalue weighted by Crippen LogP contribution is -2.30. The maximum absolute atomic E-state index is 12.5. The molecule has 1 amide bonds. The Morgan fingerprint density at radius 3 is 2.44 bits per heavy atom. The predicted molar refractivity (Wildman–Crippen MR) is 110 cm³/mol. The molecule has 0 aromatic heterocycles. The largest absolute Gasteiger partial charge is 0.363 e. The van der Waals surface area contributed by atoms with Gasteiger partial charge in [-0.15, -0.1) is 0 Å². The second-order valence-electron chi connectivity index (χ2n) is 6.33. The Morgan fingerprint density at radius 2 is 1.81 bits per heavy atom. The maximum atomic E-state index is 12.5. The van der Waals surface area contributed by atoms with Crippen LogP contribution in [0, 0.1) is 30.1 Å². The van der Waals surface area contributed by atoms with E-state index in [0.717, 1.165) is 22.4 Å². The number of aryl methyl sites for hydroxylation is 1. The molecule has 0 saturated heterocycles. The molecule has 0 fully saturated rings. The highest BCUT2D eigenvalue weighted by atomic mass is 16.2. The molecule has 0 radical (unpaired) electrons. The average Bonchev–Trinajstić information content (AvgIpc) is 2.68. The van der Waals surface area contributed by atoms with E-state index in [4.69, 9.17) is 5.26 Å². The molecule has 0 atom stereocenters. The van der Waals surface area contributed by atoms with Crippen LogP contribution in [-0.4, -0.2) is 37.5 Å². The lowest BCUT2D eigenvalue weighted by atomic mass is 10.0. The third-order valence-corrected chi connectivity index (χ3v) is 4.47. The van der Waals surface area contributed by atoms with E-state index in [-0.39, 0.29) is 5.91 Å². The van der Waals surface area contributed by atoms with Crippen molar-refractivity contribution in [2.24, 2.45) is 0 Å². The molecule has 0 aliphatic carbocycles. The highest BCUT2D eigenvalue weighted by Gasteiger charge is 2.14. The van der Waals surface area contributed by atoms with Crippen LogP contribution in [0.25, 0.3) is 0 Å². The third-order valence-electron chi connectivity index (χ3n) is 4.47. The number of carbonyl (C=O) groups is 1.